The molecule has 0 aromatic carbocycles. The molecule has 0 unspecified atom stereocenters. The van der Waals surface area contributed by atoms with Gasteiger partial charge < -0.3 is 0 Å². The Bertz CT molecular complexity index is 150. The second kappa shape index (κ2) is 11.3. The van der Waals surface area contributed by atoms with E-state index in [1.165, 1.54) is 69.9 Å². The summed E-state index contributed by atoms with van der Waals surface area (Å²) in [5.41, 5.74) is 0. The lowest BCUT2D eigenvalue weighted by atomic mass is 10.1. The summed E-state index contributed by atoms with van der Waals surface area (Å²) >= 11 is 0. The second-order valence-corrected chi connectivity index (χ2v) is 11.6. The van der Waals surface area contributed by atoms with Crippen LogP contribution in [0, 0.1) is 0 Å². The van der Waals surface area contributed by atoms with Crippen LogP contribution in [0.5, 0.6) is 0 Å². The minimum atomic E-state index is -0.783. The van der Waals surface area contributed by atoms with Crippen LogP contribution in [0.15, 0.2) is 0 Å². The molecule has 0 radical (unpaired) electrons. The summed E-state index contributed by atoms with van der Waals surface area (Å²) in [6.07, 6.45) is 13.2. The van der Waals surface area contributed by atoms with E-state index in [0.717, 1.165) is 0 Å². The number of hydrogen-bond donors (Lipinski definition) is 0. The van der Waals surface area contributed by atoms with Gasteiger partial charge in [0.15, 0.2) is 0 Å². The van der Waals surface area contributed by atoms with Crippen LogP contribution in [-0.2, 0) is 0 Å². The van der Waals surface area contributed by atoms with Gasteiger partial charge in [0.1, 0.15) is 0 Å². The molecule has 0 N–H and O–H groups in total. The molecule has 0 nitrogen and oxygen atoms in total. The molecule has 0 rings (SSSR count). The maximum atomic E-state index is 2.59. The fraction of sp³-hybridized carbons (Fsp3) is 1.00. The monoisotopic (exact) mass is 256 g/mol. The molecule has 0 bridgehead atoms. The molecule has 0 aliphatic heterocycles. The van der Waals surface area contributed by atoms with Crippen LogP contribution in [0.3, 0.4) is 0 Å². The zero-order chi connectivity index (χ0) is 13.0. The number of hydrogen-bond acceptors (Lipinski definition) is 0. The lowest BCUT2D eigenvalue weighted by Gasteiger charge is -2.23. The van der Waals surface area contributed by atoms with Gasteiger partial charge in [0.2, 0.25) is 0 Å². The highest BCUT2D eigenvalue weighted by Gasteiger charge is 2.20. The van der Waals surface area contributed by atoms with Crippen LogP contribution in [0.4, 0.5) is 0 Å². The van der Waals surface area contributed by atoms with Crippen LogP contribution in [0.2, 0.25) is 24.7 Å². The number of unbranched alkanes of at least 4 members (excludes halogenated alkanes) is 8. The van der Waals surface area contributed by atoms with Crippen molar-refractivity contribution in [1.29, 1.82) is 0 Å². The molecule has 0 aromatic heterocycles. The van der Waals surface area contributed by atoms with E-state index in [1.54, 1.807) is 6.04 Å². The van der Waals surface area contributed by atoms with Gasteiger partial charge >= 0.3 is 0 Å². The zero-order valence-corrected chi connectivity index (χ0v) is 14.0. The Kier molecular flexibility index (Phi) is 11.5. The van der Waals surface area contributed by atoms with Crippen molar-refractivity contribution in [1.82, 2.24) is 0 Å². The van der Waals surface area contributed by atoms with Crippen LogP contribution in [0.25, 0.3) is 0 Å². The summed E-state index contributed by atoms with van der Waals surface area (Å²) in [5.74, 6) is 0. The predicted molar refractivity (Wildman–Crippen MR) is 84.6 cm³/mol. The van der Waals surface area contributed by atoms with Crippen molar-refractivity contribution in [2.75, 3.05) is 0 Å². The Hall–Kier alpha value is 0.217. The Labute approximate surface area is 112 Å². The van der Waals surface area contributed by atoms with Crippen LogP contribution >= 0.6 is 0 Å². The van der Waals surface area contributed by atoms with E-state index in [9.17, 15) is 0 Å². The maximum absolute atomic E-state index is 2.59. The standard InChI is InChI=1S/C16H36Si/c1-5-8-9-10-11-12-13-14-15-16-17(4,6-2)7-3/h5-16H2,1-4H3. The van der Waals surface area contributed by atoms with Gasteiger partial charge in [-0.15, -0.1) is 0 Å². The van der Waals surface area contributed by atoms with E-state index >= 15 is 0 Å². The van der Waals surface area contributed by atoms with Gasteiger partial charge in [-0.2, -0.15) is 0 Å². The van der Waals surface area contributed by atoms with Crippen molar-refractivity contribution in [2.45, 2.75) is 103 Å². The highest BCUT2D eigenvalue weighted by atomic mass is 28.3. The van der Waals surface area contributed by atoms with Crippen molar-refractivity contribution < 1.29 is 0 Å². The third kappa shape index (κ3) is 9.88. The normalized spacial score (nSPS) is 12.0. The summed E-state index contributed by atoms with van der Waals surface area (Å²) in [4.78, 5) is 0. The third-order valence-electron chi connectivity index (χ3n) is 4.59. The average Bonchev–Trinajstić information content (AvgIpc) is 2.36. The molecule has 0 aliphatic carbocycles. The summed E-state index contributed by atoms with van der Waals surface area (Å²) in [6.45, 7) is 9.70. The molecule has 17 heavy (non-hydrogen) atoms. The van der Waals surface area contributed by atoms with Crippen LogP contribution in [-0.4, -0.2) is 8.07 Å². The predicted octanol–water partition coefficient (Wildman–Crippen LogP) is 6.64. The molecule has 0 spiro atoms. The molecule has 0 saturated heterocycles. The van der Waals surface area contributed by atoms with Gasteiger partial charge in [-0.1, -0.05) is 103 Å². The van der Waals surface area contributed by atoms with Gasteiger partial charge in [-0.25, -0.2) is 0 Å². The quantitative estimate of drug-likeness (QED) is 0.271. The Morgan fingerprint density at radius 3 is 1.41 bits per heavy atom. The largest absolute Gasteiger partial charge is 0.0692 e. The van der Waals surface area contributed by atoms with Crippen molar-refractivity contribution >= 4 is 8.07 Å². The first-order valence-corrected chi connectivity index (χ1v) is 11.3. The lowest BCUT2D eigenvalue weighted by molar-refractivity contribution is 0.571. The zero-order valence-electron chi connectivity index (χ0n) is 13.0. The fourth-order valence-electron chi connectivity index (χ4n) is 2.47. The van der Waals surface area contributed by atoms with Crippen molar-refractivity contribution in [3.63, 3.8) is 0 Å². The summed E-state index contributed by atoms with van der Waals surface area (Å²) in [6, 6.07) is 4.55. The van der Waals surface area contributed by atoms with Gasteiger partial charge in [-0.05, 0) is 0 Å². The first-order chi connectivity index (χ1) is 8.18. The molecule has 0 aromatic rings. The second-order valence-electron chi connectivity index (χ2n) is 6.10. The van der Waals surface area contributed by atoms with Gasteiger partial charge in [0.25, 0.3) is 0 Å². The number of rotatable bonds is 12. The third-order valence-corrected chi connectivity index (χ3v) is 9.57. The van der Waals surface area contributed by atoms with E-state index < -0.39 is 8.07 Å². The highest BCUT2D eigenvalue weighted by Crippen LogP contribution is 2.23. The van der Waals surface area contributed by atoms with E-state index in [4.69, 9.17) is 0 Å². The van der Waals surface area contributed by atoms with Gasteiger partial charge in [0, 0.05) is 8.07 Å². The fourth-order valence-corrected chi connectivity index (χ4v) is 4.78. The van der Waals surface area contributed by atoms with Crippen LogP contribution < -0.4 is 0 Å². The van der Waals surface area contributed by atoms with Gasteiger partial charge in [0.05, 0.1) is 0 Å². The van der Waals surface area contributed by atoms with Crippen molar-refractivity contribution in [3.8, 4) is 0 Å². The van der Waals surface area contributed by atoms with E-state index in [2.05, 4.69) is 27.3 Å². The van der Waals surface area contributed by atoms with E-state index in [0.29, 0.717) is 0 Å². The van der Waals surface area contributed by atoms with Crippen molar-refractivity contribution in [3.05, 3.63) is 0 Å². The summed E-state index contributed by atoms with van der Waals surface area (Å²) in [7, 11) is -0.783. The SMILES string of the molecule is CCCCCCCCCCC[Si](C)(CC)CC. The maximum Gasteiger partial charge on any atom is 0.0499 e. The average molecular weight is 257 g/mol. The lowest BCUT2D eigenvalue weighted by Crippen LogP contribution is -2.26. The minimum absolute atomic E-state index is 0.783. The molecule has 0 heterocycles. The molecule has 104 valence electrons. The molecule has 0 aliphatic rings. The minimum Gasteiger partial charge on any atom is -0.0692 e. The molecular weight excluding hydrogens is 220 g/mol. The van der Waals surface area contributed by atoms with Crippen molar-refractivity contribution in [2.24, 2.45) is 0 Å². The van der Waals surface area contributed by atoms with Crippen LogP contribution in [0.1, 0.15) is 78.6 Å². The summed E-state index contributed by atoms with van der Waals surface area (Å²) < 4.78 is 0. The molecule has 0 saturated carbocycles. The van der Waals surface area contributed by atoms with Gasteiger partial charge in [-0.3, -0.25) is 0 Å². The Balaban J connectivity index is 3.23. The molecule has 1 heteroatoms. The first-order valence-electron chi connectivity index (χ1n) is 8.18. The first kappa shape index (κ1) is 17.2. The van der Waals surface area contributed by atoms with E-state index in [1.807, 2.05) is 0 Å². The molecular formula is C16H36Si. The molecule has 0 amide bonds. The highest BCUT2D eigenvalue weighted by molar-refractivity contribution is 6.78. The molecule has 0 atom stereocenters. The Morgan fingerprint density at radius 2 is 1.00 bits per heavy atom. The van der Waals surface area contributed by atoms with E-state index in [-0.39, 0.29) is 0 Å². The summed E-state index contributed by atoms with van der Waals surface area (Å²) in [5, 5.41) is 0. The topological polar surface area (TPSA) is 0 Å². The Morgan fingerprint density at radius 1 is 0.588 bits per heavy atom. The molecule has 0 fully saturated rings. The smallest absolute Gasteiger partial charge is 0.0499 e.